The largest absolute Gasteiger partial charge is 0.493 e. The minimum absolute atomic E-state index is 0.0473. The Morgan fingerprint density at radius 2 is 1.76 bits per heavy atom. The van der Waals surface area contributed by atoms with Crippen LogP contribution in [0.4, 0.5) is 0 Å². The monoisotopic (exact) mass is 467 g/mol. The summed E-state index contributed by atoms with van der Waals surface area (Å²) in [6.45, 7) is 3.86. The van der Waals surface area contributed by atoms with Crippen LogP contribution in [0.25, 0.3) is 0 Å². The molecule has 1 amide bonds. The first-order valence-corrected chi connectivity index (χ1v) is 10.9. The van der Waals surface area contributed by atoms with E-state index in [-0.39, 0.29) is 25.5 Å². The summed E-state index contributed by atoms with van der Waals surface area (Å²) in [5.41, 5.74) is 2.67. The molecule has 0 fully saturated rings. The number of allylic oxidation sites excluding steroid dienone is 1. The Bertz CT molecular complexity index is 1120. The molecule has 0 spiro atoms. The summed E-state index contributed by atoms with van der Waals surface area (Å²) < 4.78 is 21.1. The molecule has 8 nitrogen and oxygen atoms in total. The lowest BCUT2D eigenvalue weighted by atomic mass is 9.83. The third kappa shape index (κ3) is 4.90. The average Bonchev–Trinajstić information content (AvgIpc) is 2.85. The van der Waals surface area contributed by atoms with E-state index in [9.17, 15) is 14.4 Å². The lowest BCUT2D eigenvalue weighted by Crippen LogP contribution is -2.38. The second kappa shape index (κ2) is 10.9. The molecule has 0 radical (unpaired) electrons. The Hall–Kier alpha value is -3.81. The first-order chi connectivity index (χ1) is 16.4. The topological polar surface area (TPSA) is 91.4 Å². The molecule has 1 unspecified atom stereocenters. The summed E-state index contributed by atoms with van der Waals surface area (Å²) in [6.07, 6.45) is 0.0473. The van der Waals surface area contributed by atoms with E-state index in [0.717, 1.165) is 5.56 Å². The summed E-state index contributed by atoms with van der Waals surface area (Å²) in [5.74, 6) is -0.697. The SMILES string of the molecule is CCOC(=O)C1=C(C)N(Cc2cccc(C(=O)OC)c2)C(=O)CC1c1cccc(OC)c1OC. The van der Waals surface area contributed by atoms with Gasteiger partial charge in [-0.05, 0) is 37.6 Å². The Kier molecular flexibility index (Phi) is 7.94. The zero-order valence-corrected chi connectivity index (χ0v) is 20.0. The molecule has 8 heteroatoms. The molecule has 1 aliphatic rings. The number of carbonyl (C=O) groups excluding carboxylic acids is 3. The number of ether oxygens (including phenoxy) is 4. The van der Waals surface area contributed by atoms with Crippen molar-refractivity contribution in [1.82, 2.24) is 4.90 Å². The lowest BCUT2D eigenvalue weighted by molar-refractivity contribution is -0.140. The van der Waals surface area contributed by atoms with Crippen LogP contribution in [0.2, 0.25) is 0 Å². The molecule has 2 aromatic carbocycles. The minimum Gasteiger partial charge on any atom is -0.493 e. The van der Waals surface area contributed by atoms with Gasteiger partial charge in [0.25, 0.3) is 0 Å². The van der Waals surface area contributed by atoms with Gasteiger partial charge >= 0.3 is 11.9 Å². The van der Waals surface area contributed by atoms with Crippen LogP contribution in [-0.2, 0) is 25.6 Å². The molecule has 1 atom stereocenters. The molecule has 1 aliphatic heterocycles. The second-order valence-electron chi connectivity index (χ2n) is 7.73. The van der Waals surface area contributed by atoms with Crippen molar-refractivity contribution < 1.29 is 33.3 Å². The number of methoxy groups -OCH3 is 3. The lowest BCUT2D eigenvalue weighted by Gasteiger charge is -2.35. The van der Waals surface area contributed by atoms with Crippen LogP contribution in [0.5, 0.6) is 11.5 Å². The van der Waals surface area contributed by atoms with E-state index in [1.54, 1.807) is 49.1 Å². The van der Waals surface area contributed by atoms with E-state index in [2.05, 4.69) is 0 Å². The predicted octanol–water partition coefficient (Wildman–Crippen LogP) is 3.84. The van der Waals surface area contributed by atoms with Crippen LogP contribution in [-0.4, -0.2) is 50.7 Å². The van der Waals surface area contributed by atoms with Gasteiger partial charge in [-0.3, -0.25) is 4.79 Å². The van der Waals surface area contributed by atoms with E-state index in [1.165, 1.54) is 21.3 Å². The molecule has 0 aliphatic carbocycles. The number of amides is 1. The third-order valence-electron chi connectivity index (χ3n) is 5.82. The number of hydrogen-bond donors (Lipinski definition) is 0. The van der Waals surface area contributed by atoms with Crippen LogP contribution in [0.3, 0.4) is 0 Å². The molecule has 0 saturated carbocycles. The van der Waals surface area contributed by atoms with Crippen molar-refractivity contribution in [1.29, 1.82) is 0 Å². The van der Waals surface area contributed by atoms with Crippen molar-refractivity contribution in [2.24, 2.45) is 0 Å². The van der Waals surface area contributed by atoms with Gasteiger partial charge in [-0.15, -0.1) is 0 Å². The van der Waals surface area contributed by atoms with Gasteiger partial charge in [-0.1, -0.05) is 24.3 Å². The number of rotatable bonds is 8. The number of benzene rings is 2. The highest BCUT2D eigenvalue weighted by Gasteiger charge is 2.38. The fraction of sp³-hybridized carbons (Fsp3) is 0.346. The van der Waals surface area contributed by atoms with E-state index < -0.39 is 17.9 Å². The van der Waals surface area contributed by atoms with Gasteiger partial charge in [0.2, 0.25) is 5.91 Å². The van der Waals surface area contributed by atoms with Gasteiger partial charge < -0.3 is 23.8 Å². The fourth-order valence-electron chi connectivity index (χ4n) is 4.23. The summed E-state index contributed by atoms with van der Waals surface area (Å²) in [4.78, 5) is 39.9. The molecule has 0 N–H and O–H groups in total. The number of carbonyl (C=O) groups is 3. The van der Waals surface area contributed by atoms with Crippen LogP contribution >= 0.6 is 0 Å². The molecule has 0 bridgehead atoms. The molecule has 2 aromatic rings. The highest BCUT2D eigenvalue weighted by Crippen LogP contribution is 2.44. The number of nitrogens with zero attached hydrogens (tertiary/aromatic N) is 1. The zero-order valence-electron chi connectivity index (χ0n) is 20.0. The van der Waals surface area contributed by atoms with Crippen LogP contribution < -0.4 is 9.47 Å². The number of hydrogen-bond acceptors (Lipinski definition) is 7. The third-order valence-corrected chi connectivity index (χ3v) is 5.82. The van der Waals surface area contributed by atoms with E-state index in [1.807, 2.05) is 12.1 Å². The Balaban J connectivity index is 2.08. The van der Waals surface area contributed by atoms with Gasteiger partial charge in [-0.25, -0.2) is 9.59 Å². The number of para-hydroxylation sites is 1. The first kappa shape index (κ1) is 24.8. The first-order valence-electron chi connectivity index (χ1n) is 10.9. The van der Waals surface area contributed by atoms with Crippen molar-refractivity contribution >= 4 is 17.8 Å². The second-order valence-corrected chi connectivity index (χ2v) is 7.73. The van der Waals surface area contributed by atoms with Gasteiger partial charge in [-0.2, -0.15) is 0 Å². The standard InChI is InChI=1S/C26H29NO7/c1-6-34-26(30)23-16(2)27(15-17-9-7-10-18(13-17)25(29)33-5)22(28)14-20(23)19-11-8-12-21(31-3)24(19)32-4/h7-13,20H,6,14-15H2,1-5H3. The summed E-state index contributed by atoms with van der Waals surface area (Å²) in [7, 11) is 4.37. The van der Waals surface area contributed by atoms with Crippen LogP contribution in [0, 0.1) is 0 Å². The molecular formula is C26H29NO7. The molecule has 0 aromatic heterocycles. The normalized spacial score (nSPS) is 15.7. The van der Waals surface area contributed by atoms with Crippen molar-refractivity contribution in [3.8, 4) is 11.5 Å². The van der Waals surface area contributed by atoms with Gasteiger partial charge in [0, 0.05) is 23.6 Å². The number of esters is 2. The molecule has 1 heterocycles. The van der Waals surface area contributed by atoms with Crippen LogP contribution in [0.1, 0.15) is 47.7 Å². The Morgan fingerprint density at radius 3 is 2.41 bits per heavy atom. The van der Waals surface area contributed by atoms with Crippen molar-refractivity contribution in [2.75, 3.05) is 27.9 Å². The smallest absolute Gasteiger partial charge is 0.337 e. The van der Waals surface area contributed by atoms with Gasteiger partial charge in [0.15, 0.2) is 11.5 Å². The van der Waals surface area contributed by atoms with E-state index in [4.69, 9.17) is 18.9 Å². The highest BCUT2D eigenvalue weighted by molar-refractivity contribution is 5.96. The zero-order chi connectivity index (χ0) is 24.8. The van der Waals surface area contributed by atoms with Gasteiger partial charge in [0.05, 0.1) is 45.6 Å². The fourth-order valence-corrected chi connectivity index (χ4v) is 4.23. The van der Waals surface area contributed by atoms with Crippen molar-refractivity contribution in [3.05, 3.63) is 70.4 Å². The molecular weight excluding hydrogens is 438 g/mol. The maximum absolute atomic E-state index is 13.3. The quantitative estimate of drug-likeness (QED) is 0.545. The minimum atomic E-state index is -0.561. The van der Waals surface area contributed by atoms with E-state index in [0.29, 0.717) is 33.9 Å². The van der Waals surface area contributed by atoms with Crippen molar-refractivity contribution in [3.63, 3.8) is 0 Å². The average molecular weight is 468 g/mol. The maximum atomic E-state index is 13.3. The molecule has 0 saturated heterocycles. The predicted molar refractivity (Wildman–Crippen MR) is 125 cm³/mol. The van der Waals surface area contributed by atoms with Crippen LogP contribution in [0.15, 0.2) is 53.7 Å². The van der Waals surface area contributed by atoms with E-state index >= 15 is 0 Å². The summed E-state index contributed by atoms with van der Waals surface area (Å²) >= 11 is 0. The summed E-state index contributed by atoms with van der Waals surface area (Å²) in [6, 6.07) is 12.2. The highest BCUT2D eigenvalue weighted by atomic mass is 16.5. The summed E-state index contributed by atoms with van der Waals surface area (Å²) in [5, 5.41) is 0. The molecule has 180 valence electrons. The Morgan fingerprint density at radius 1 is 1.03 bits per heavy atom. The Labute approximate surface area is 199 Å². The van der Waals surface area contributed by atoms with Crippen molar-refractivity contribution in [2.45, 2.75) is 32.7 Å². The molecule has 3 rings (SSSR count). The molecule has 34 heavy (non-hydrogen) atoms. The van der Waals surface area contributed by atoms with Gasteiger partial charge in [0.1, 0.15) is 0 Å². The maximum Gasteiger partial charge on any atom is 0.337 e.